The maximum Gasteiger partial charge on any atom is 0.319 e. The maximum atomic E-state index is 11.9. The number of amides is 4. The first-order valence-electron chi connectivity index (χ1n) is 7.69. The highest BCUT2D eigenvalue weighted by Crippen LogP contribution is 2.09. The summed E-state index contributed by atoms with van der Waals surface area (Å²) in [6, 6.07) is 8.62. The fraction of sp³-hybridized carbons (Fsp3) is 0.235. The van der Waals surface area contributed by atoms with E-state index in [1.807, 2.05) is 0 Å². The lowest BCUT2D eigenvalue weighted by atomic mass is 10.2. The molecule has 8 heteroatoms. The molecule has 8 nitrogen and oxygen atoms in total. The zero-order valence-corrected chi connectivity index (χ0v) is 14.0. The second-order valence-corrected chi connectivity index (χ2v) is 5.27. The van der Waals surface area contributed by atoms with Crippen LogP contribution in [0.1, 0.15) is 23.0 Å². The molecule has 132 valence electrons. The van der Waals surface area contributed by atoms with Crippen molar-refractivity contribution in [2.24, 2.45) is 0 Å². The molecule has 2 aromatic rings. The number of urea groups is 1. The van der Waals surface area contributed by atoms with Gasteiger partial charge < -0.3 is 25.7 Å². The van der Waals surface area contributed by atoms with Crippen molar-refractivity contribution in [3.8, 4) is 0 Å². The summed E-state index contributed by atoms with van der Waals surface area (Å²) in [7, 11) is 1.54. The molecule has 0 aliphatic carbocycles. The predicted molar refractivity (Wildman–Crippen MR) is 92.0 cm³/mol. The van der Waals surface area contributed by atoms with Gasteiger partial charge in [-0.25, -0.2) is 4.79 Å². The van der Waals surface area contributed by atoms with Crippen molar-refractivity contribution in [2.45, 2.75) is 19.5 Å². The first-order chi connectivity index (χ1) is 12.0. The minimum atomic E-state index is -0.722. The van der Waals surface area contributed by atoms with Crippen LogP contribution < -0.4 is 21.3 Å². The third kappa shape index (κ3) is 5.38. The zero-order valence-electron chi connectivity index (χ0n) is 14.0. The molecule has 0 unspecified atom stereocenters. The monoisotopic (exact) mass is 344 g/mol. The van der Waals surface area contributed by atoms with Crippen LogP contribution in [0.15, 0.2) is 47.1 Å². The fourth-order valence-electron chi connectivity index (χ4n) is 2.02. The van der Waals surface area contributed by atoms with Crippen LogP contribution in [0, 0.1) is 0 Å². The van der Waals surface area contributed by atoms with E-state index in [0.717, 1.165) is 0 Å². The Hall–Kier alpha value is -3.29. The predicted octanol–water partition coefficient (Wildman–Crippen LogP) is 1.47. The van der Waals surface area contributed by atoms with E-state index in [9.17, 15) is 14.4 Å². The Labute approximate surface area is 145 Å². The Kier molecular flexibility index (Phi) is 6.16. The Morgan fingerprint density at radius 1 is 1.12 bits per heavy atom. The molecule has 0 saturated heterocycles. The van der Waals surface area contributed by atoms with Gasteiger partial charge in [-0.05, 0) is 43.3 Å². The highest BCUT2D eigenvalue weighted by molar-refractivity contribution is 5.96. The molecule has 0 bridgehead atoms. The SMILES string of the molecule is CNC(=O)c1ccc(NC(=O)N[C@@H](C)C(=O)NCc2ccco2)cc1. The average Bonchev–Trinajstić information content (AvgIpc) is 3.13. The molecule has 4 N–H and O–H groups in total. The van der Waals surface area contributed by atoms with Crippen LogP contribution in [0.4, 0.5) is 10.5 Å². The number of carbonyl (C=O) groups excluding carboxylic acids is 3. The van der Waals surface area contributed by atoms with Gasteiger partial charge in [0.2, 0.25) is 5.91 Å². The maximum absolute atomic E-state index is 11.9. The molecule has 4 amide bonds. The molecule has 0 fully saturated rings. The van der Waals surface area contributed by atoms with Gasteiger partial charge in [0.1, 0.15) is 11.8 Å². The van der Waals surface area contributed by atoms with Crippen LogP contribution in [-0.4, -0.2) is 30.9 Å². The average molecular weight is 344 g/mol. The molecule has 0 spiro atoms. The normalized spacial score (nSPS) is 11.3. The van der Waals surface area contributed by atoms with Gasteiger partial charge in [-0.2, -0.15) is 0 Å². The molecule has 0 aliphatic rings. The van der Waals surface area contributed by atoms with Gasteiger partial charge in [-0.15, -0.1) is 0 Å². The molecular weight excluding hydrogens is 324 g/mol. The largest absolute Gasteiger partial charge is 0.467 e. The van der Waals surface area contributed by atoms with E-state index < -0.39 is 12.1 Å². The van der Waals surface area contributed by atoms with Crippen molar-refractivity contribution in [2.75, 3.05) is 12.4 Å². The third-order valence-corrected chi connectivity index (χ3v) is 3.39. The van der Waals surface area contributed by atoms with E-state index in [1.165, 1.54) is 6.26 Å². The summed E-state index contributed by atoms with van der Waals surface area (Å²) in [4.78, 5) is 35.3. The summed E-state index contributed by atoms with van der Waals surface area (Å²) in [6.07, 6.45) is 1.52. The highest BCUT2D eigenvalue weighted by Gasteiger charge is 2.15. The molecule has 0 aliphatic heterocycles. The quantitative estimate of drug-likeness (QED) is 0.635. The van der Waals surface area contributed by atoms with Gasteiger partial charge in [0.05, 0.1) is 12.8 Å². The van der Waals surface area contributed by atoms with Gasteiger partial charge in [0.25, 0.3) is 5.91 Å². The molecule has 1 heterocycles. The van der Waals surface area contributed by atoms with Crippen molar-refractivity contribution in [3.63, 3.8) is 0 Å². The van der Waals surface area contributed by atoms with Crippen LogP contribution in [0.2, 0.25) is 0 Å². The Balaban J connectivity index is 1.80. The first kappa shape index (κ1) is 18.1. The van der Waals surface area contributed by atoms with E-state index >= 15 is 0 Å². The van der Waals surface area contributed by atoms with Crippen molar-refractivity contribution < 1.29 is 18.8 Å². The van der Waals surface area contributed by atoms with Crippen LogP contribution in [-0.2, 0) is 11.3 Å². The van der Waals surface area contributed by atoms with E-state index in [-0.39, 0.29) is 18.4 Å². The number of carbonyl (C=O) groups is 3. The Bertz CT molecular complexity index is 726. The van der Waals surface area contributed by atoms with Gasteiger partial charge in [-0.3, -0.25) is 9.59 Å². The van der Waals surface area contributed by atoms with E-state index in [1.54, 1.807) is 50.4 Å². The van der Waals surface area contributed by atoms with E-state index in [2.05, 4.69) is 21.3 Å². The number of benzene rings is 1. The summed E-state index contributed by atoms with van der Waals surface area (Å²) < 4.78 is 5.12. The Morgan fingerprint density at radius 3 is 2.44 bits per heavy atom. The minimum Gasteiger partial charge on any atom is -0.467 e. The first-order valence-corrected chi connectivity index (χ1v) is 7.69. The number of hydrogen-bond donors (Lipinski definition) is 4. The fourth-order valence-corrected chi connectivity index (χ4v) is 2.02. The van der Waals surface area contributed by atoms with E-state index in [0.29, 0.717) is 17.0 Å². The van der Waals surface area contributed by atoms with E-state index in [4.69, 9.17) is 4.42 Å². The van der Waals surface area contributed by atoms with Crippen molar-refractivity contribution in [3.05, 3.63) is 54.0 Å². The lowest BCUT2D eigenvalue weighted by Crippen LogP contribution is -2.46. The number of furan rings is 1. The molecular formula is C17H20N4O4. The second-order valence-electron chi connectivity index (χ2n) is 5.27. The number of anilines is 1. The summed E-state index contributed by atoms with van der Waals surface area (Å²) in [5, 5.41) is 10.3. The van der Waals surface area contributed by atoms with Crippen LogP contribution in [0.25, 0.3) is 0 Å². The third-order valence-electron chi connectivity index (χ3n) is 3.39. The Morgan fingerprint density at radius 2 is 1.84 bits per heavy atom. The number of rotatable bonds is 6. The molecule has 2 rings (SSSR count). The number of nitrogens with one attached hydrogen (secondary N) is 4. The highest BCUT2D eigenvalue weighted by atomic mass is 16.3. The second kappa shape index (κ2) is 8.53. The number of hydrogen-bond acceptors (Lipinski definition) is 4. The van der Waals surface area contributed by atoms with Gasteiger partial charge in [0, 0.05) is 18.3 Å². The van der Waals surface area contributed by atoms with Crippen LogP contribution >= 0.6 is 0 Å². The summed E-state index contributed by atoms with van der Waals surface area (Å²) in [6.45, 7) is 1.83. The van der Waals surface area contributed by atoms with Gasteiger partial charge in [0.15, 0.2) is 0 Å². The lowest BCUT2D eigenvalue weighted by Gasteiger charge is -2.14. The van der Waals surface area contributed by atoms with Crippen LogP contribution in [0.3, 0.4) is 0 Å². The van der Waals surface area contributed by atoms with Gasteiger partial charge >= 0.3 is 6.03 Å². The molecule has 0 saturated carbocycles. The van der Waals surface area contributed by atoms with Gasteiger partial charge in [-0.1, -0.05) is 0 Å². The standard InChI is InChI=1S/C17H20N4O4/c1-11(15(22)19-10-14-4-3-9-25-14)20-17(24)21-13-7-5-12(6-8-13)16(23)18-2/h3-9,11H,10H2,1-2H3,(H,18,23)(H,19,22)(H2,20,21,24)/t11-/m0/s1. The molecule has 1 atom stereocenters. The smallest absolute Gasteiger partial charge is 0.319 e. The summed E-state index contributed by atoms with van der Waals surface area (Å²) >= 11 is 0. The minimum absolute atomic E-state index is 0.210. The molecule has 25 heavy (non-hydrogen) atoms. The van der Waals surface area contributed by atoms with Crippen molar-refractivity contribution in [1.29, 1.82) is 0 Å². The van der Waals surface area contributed by atoms with Crippen molar-refractivity contribution in [1.82, 2.24) is 16.0 Å². The molecule has 1 aromatic heterocycles. The summed E-state index contributed by atoms with van der Waals surface area (Å²) in [5.41, 5.74) is 0.993. The topological polar surface area (TPSA) is 112 Å². The lowest BCUT2D eigenvalue weighted by molar-refractivity contribution is -0.122. The molecule has 0 radical (unpaired) electrons. The van der Waals surface area contributed by atoms with Crippen LogP contribution in [0.5, 0.6) is 0 Å². The molecule has 1 aromatic carbocycles. The van der Waals surface area contributed by atoms with Crippen molar-refractivity contribution >= 4 is 23.5 Å². The summed E-state index contributed by atoms with van der Waals surface area (Å²) in [5.74, 6) is 0.0839. The zero-order chi connectivity index (χ0) is 18.2.